The molecule has 0 aliphatic carbocycles. The molecule has 8 heteroatoms. The highest BCUT2D eigenvalue weighted by Gasteiger charge is 2.32. The van der Waals surface area contributed by atoms with Crippen molar-refractivity contribution in [3.05, 3.63) is 71.9 Å². The molecule has 1 aliphatic rings. The fourth-order valence-corrected chi connectivity index (χ4v) is 5.00. The molecule has 2 heterocycles. The van der Waals surface area contributed by atoms with E-state index in [2.05, 4.69) is 10.1 Å². The monoisotopic (exact) mass is 401 g/mol. The summed E-state index contributed by atoms with van der Waals surface area (Å²) in [5.41, 5.74) is 1.42. The van der Waals surface area contributed by atoms with Crippen LogP contribution in [0, 0.1) is 5.82 Å². The third kappa shape index (κ3) is 4.13. The molecule has 0 unspecified atom stereocenters. The third-order valence-corrected chi connectivity index (χ3v) is 6.68. The predicted molar refractivity (Wildman–Crippen MR) is 102 cm³/mol. The summed E-state index contributed by atoms with van der Waals surface area (Å²) in [6, 6.07) is 15.0. The molecule has 6 nitrogen and oxygen atoms in total. The molecule has 0 radical (unpaired) electrons. The fraction of sp³-hybridized carbons (Fsp3) is 0.300. The summed E-state index contributed by atoms with van der Waals surface area (Å²) >= 11 is 0. The van der Waals surface area contributed by atoms with Gasteiger partial charge in [0, 0.05) is 18.7 Å². The fourth-order valence-electron chi connectivity index (χ4n) is 3.39. The lowest BCUT2D eigenvalue weighted by molar-refractivity contribution is 0.265. The molecule has 4 rings (SSSR count). The Balaban J connectivity index is 1.49. The quantitative estimate of drug-likeness (QED) is 0.653. The second kappa shape index (κ2) is 7.81. The number of piperidine rings is 1. The smallest absolute Gasteiger partial charge is 0.231 e. The number of hydrogen-bond acceptors (Lipinski definition) is 5. The number of sulfonamides is 1. The van der Waals surface area contributed by atoms with Gasteiger partial charge >= 0.3 is 0 Å². The number of nitrogens with zero attached hydrogens (tertiary/aromatic N) is 3. The summed E-state index contributed by atoms with van der Waals surface area (Å²) in [4.78, 5) is 4.41. The Morgan fingerprint density at radius 3 is 2.61 bits per heavy atom. The van der Waals surface area contributed by atoms with Crippen molar-refractivity contribution in [2.45, 2.75) is 24.5 Å². The van der Waals surface area contributed by atoms with E-state index in [1.165, 1.54) is 16.4 Å². The molecule has 0 N–H and O–H groups in total. The Kier molecular flexibility index (Phi) is 5.23. The van der Waals surface area contributed by atoms with Crippen molar-refractivity contribution in [2.75, 3.05) is 13.1 Å². The average molecular weight is 401 g/mol. The van der Waals surface area contributed by atoms with Gasteiger partial charge in [-0.25, -0.2) is 17.1 Å². The maximum absolute atomic E-state index is 13.1. The summed E-state index contributed by atoms with van der Waals surface area (Å²) in [6.07, 6.45) is 1.51. The van der Waals surface area contributed by atoms with E-state index in [9.17, 15) is 12.8 Å². The van der Waals surface area contributed by atoms with Gasteiger partial charge in [-0.05, 0) is 42.7 Å². The van der Waals surface area contributed by atoms with E-state index in [0.29, 0.717) is 30.4 Å². The third-order valence-electron chi connectivity index (χ3n) is 4.86. The number of benzene rings is 2. The largest absolute Gasteiger partial charge is 0.339 e. The Bertz CT molecular complexity index is 1040. The van der Waals surface area contributed by atoms with Gasteiger partial charge in [0.05, 0.1) is 11.7 Å². The first kappa shape index (κ1) is 18.8. The van der Waals surface area contributed by atoms with Crippen molar-refractivity contribution >= 4 is 10.0 Å². The van der Waals surface area contributed by atoms with E-state index >= 15 is 0 Å². The molecule has 0 spiro atoms. The highest BCUT2D eigenvalue weighted by molar-refractivity contribution is 7.88. The normalized spacial score (nSPS) is 18.2. The number of halogens is 1. The highest BCUT2D eigenvalue weighted by Crippen LogP contribution is 2.29. The zero-order valence-electron chi connectivity index (χ0n) is 15.2. The molecule has 1 fully saturated rings. The van der Waals surface area contributed by atoms with Gasteiger partial charge < -0.3 is 4.52 Å². The molecule has 1 aliphatic heterocycles. The molecule has 1 saturated heterocycles. The molecule has 1 aromatic heterocycles. The summed E-state index contributed by atoms with van der Waals surface area (Å²) in [6.45, 7) is 0.810. The molecule has 0 amide bonds. The molecule has 146 valence electrons. The molecule has 3 aromatic rings. The molecule has 28 heavy (non-hydrogen) atoms. The van der Waals surface area contributed by atoms with Crippen LogP contribution in [-0.2, 0) is 15.8 Å². The van der Waals surface area contributed by atoms with Crippen LogP contribution in [0.4, 0.5) is 4.39 Å². The average Bonchev–Trinajstić information content (AvgIpc) is 3.19. The second-order valence-corrected chi connectivity index (χ2v) is 8.87. The van der Waals surface area contributed by atoms with E-state index in [0.717, 1.165) is 18.4 Å². The standard InChI is InChI=1S/C20H20FN3O3S/c21-18-10-8-16(9-11-18)19-22-20(27-23-19)17-7-4-12-24(13-17)28(25,26)14-15-5-2-1-3-6-15/h1-3,5-6,8-11,17H,4,7,12-14H2/t17-/m1/s1. The van der Waals surface area contributed by atoms with E-state index < -0.39 is 10.0 Å². The summed E-state index contributed by atoms with van der Waals surface area (Å²) < 4.78 is 45.6. The van der Waals surface area contributed by atoms with Crippen LogP contribution in [0.1, 0.15) is 30.2 Å². The van der Waals surface area contributed by atoms with Crippen molar-refractivity contribution in [1.29, 1.82) is 0 Å². The van der Waals surface area contributed by atoms with Gasteiger partial charge in [-0.1, -0.05) is 35.5 Å². The maximum atomic E-state index is 13.1. The predicted octanol–water partition coefficient (Wildman–Crippen LogP) is 3.59. The van der Waals surface area contributed by atoms with Crippen LogP contribution in [0.5, 0.6) is 0 Å². The second-order valence-electron chi connectivity index (χ2n) is 6.90. The van der Waals surface area contributed by atoms with Crippen LogP contribution in [0.2, 0.25) is 0 Å². The molecule has 1 atom stereocenters. The number of hydrogen-bond donors (Lipinski definition) is 0. The van der Waals surface area contributed by atoms with Crippen molar-refractivity contribution < 1.29 is 17.3 Å². The molecule has 0 bridgehead atoms. The lowest BCUT2D eigenvalue weighted by Crippen LogP contribution is -2.39. The van der Waals surface area contributed by atoms with E-state index in [1.54, 1.807) is 12.1 Å². The highest BCUT2D eigenvalue weighted by atomic mass is 32.2. The van der Waals surface area contributed by atoms with Crippen molar-refractivity contribution in [2.24, 2.45) is 0 Å². The topological polar surface area (TPSA) is 76.3 Å². The summed E-state index contributed by atoms with van der Waals surface area (Å²) in [5, 5.41) is 3.97. The zero-order chi connectivity index (χ0) is 19.6. The summed E-state index contributed by atoms with van der Waals surface area (Å²) in [5.74, 6) is 0.281. The van der Waals surface area contributed by atoms with E-state index in [-0.39, 0.29) is 17.5 Å². The number of rotatable bonds is 5. The van der Waals surface area contributed by atoms with Crippen LogP contribution in [0.25, 0.3) is 11.4 Å². The van der Waals surface area contributed by atoms with Crippen LogP contribution in [0.15, 0.2) is 59.1 Å². The van der Waals surface area contributed by atoms with Gasteiger partial charge in [0.2, 0.25) is 21.7 Å². The van der Waals surface area contributed by atoms with Crippen LogP contribution in [-0.4, -0.2) is 36.0 Å². The van der Waals surface area contributed by atoms with Gasteiger partial charge in [-0.2, -0.15) is 4.98 Å². The minimum atomic E-state index is -3.43. The van der Waals surface area contributed by atoms with Crippen LogP contribution < -0.4 is 0 Å². The van der Waals surface area contributed by atoms with E-state index in [1.807, 2.05) is 30.3 Å². The molecule has 0 saturated carbocycles. The molecular formula is C20H20FN3O3S. The maximum Gasteiger partial charge on any atom is 0.231 e. The van der Waals surface area contributed by atoms with Crippen molar-refractivity contribution in [1.82, 2.24) is 14.4 Å². The Hall–Kier alpha value is -2.58. The Morgan fingerprint density at radius 2 is 1.86 bits per heavy atom. The van der Waals surface area contributed by atoms with Crippen molar-refractivity contribution in [3.8, 4) is 11.4 Å². The number of aromatic nitrogens is 2. The summed E-state index contributed by atoms with van der Waals surface area (Å²) in [7, 11) is -3.43. The van der Waals surface area contributed by atoms with Crippen LogP contribution in [0.3, 0.4) is 0 Å². The zero-order valence-corrected chi connectivity index (χ0v) is 16.0. The van der Waals surface area contributed by atoms with Gasteiger partial charge in [0.15, 0.2) is 0 Å². The van der Waals surface area contributed by atoms with Gasteiger partial charge in [-0.15, -0.1) is 0 Å². The van der Waals surface area contributed by atoms with Gasteiger partial charge in [-0.3, -0.25) is 0 Å². The lowest BCUT2D eigenvalue weighted by Gasteiger charge is -2.30. The van der Waals surface area contributed by atoms with Crippen LogP contribution >= 0.6 is 0 Å². The van der Waals surface area contributed by atoms with E-state index in [4.69, 9.17) is 4.52 Å². The first-order valence-electron chi connectivity index (χ1n) is 9.12. The Labute approximate surface area is 163 Å². The minimum Gasteiger partial charge on any atom is -0.339 e. The lowest BCUT2D eigenvalue weighted by atomic mass is 10.00. The molecule has 2 aromatic carbocycles. The minimum absolute atomic E-state index is 0.0226. The van der Waals surface area contributed by atoms with Gasteiger partial charge in [0.25, 0.3) is 0 Å². The SMILES string of the molecule is O=S(=O)(Cc1ccccc1)N1CCC[C@@H](c2nc(-c3ccc(F)cc3)no2)C1. The first-order chi connectivity index (χ1) is 13.5. The van der Waals surface area contributed by atoms with Crippen molar-refractivity contribution in [3.63, 3.8) is 0 Å². The Morgan fingerprint density at radius 1 is 1.11 bits per heavy atom. The van der Waals surface area contributed by atoms with Gasteiger partial charge in [0.1, 0.15) is 5.82 Å². The molecular weight excluding hydrogens is 381 g/mol. The first-order valence-corrected chi connectivity index (χ1v) is 10.7.